The van der Waals surface area contributed by atoms with Gasteiger partial charge in [-0.2, -0.15) is 0 Å². The molecule has 7 nitrogen and oxygen atoms in total. The number of nitrogens with one attached hydrogen (secondary N) is 1. The second-order valence-electron chi connectivity index (χ2n) is 7.42. The quantitative estimate of drug-likeness (QED) is 0.611. The van der Waals surface area contributed by atoms with Crippen LogP contribution in [0.3, 0.4) is 0 Å². The first-order valence-corrected chi connectivity index (χ1v) is 10.3. The predicted octanol–water partition coefficient (Wildman–Crippen LogP) is 2.73. The Balaban J connectivity index is 1.25. The molecule has 156 valence electrons. The molecule has 1 N–H and O–H groups in total. The first-order valence-electron chi connectivity index (χ1n) is 9.88. The van der Waals surface area contributed by atoms with Gasteiger partial charge in [0.25, 0.3) is 0 Å². The summed E-state index contributed by atoms with van der Waals surface area (Å²) in [5, 5.41) is 0.659. The van der Waals surface area contributed by atoms with Gasteiger partial charge in [0.15, 0.2) is 11.4 Å². The molecule has 0 atom stereocenters. The average molecular weight is 428 g/mol. The second-order valence-corrected chi connectivity index (χ2v) is 7.86. The van der Waals surface area contributed by atoms with Crippen LogP contribution in [0.4, 0.5) is 0 Å². The zero-order valence-electron chi connectivity index (χ0n) is 16.4. The highest BCUT2D eigenvalue weighted by Gasteiger charge is 2.21. The topological polar surface area (TPSA) is 86.6 Å². The highest BCUT2D eigenvalue weighted by Crippen LogP contribution is 2.15. The summed E-state index contributed by atoms with van der Waals surface area (Å²) < 4.78 is 5.02. The third-order valence-electron chi connectivity index (χ3n) is 5.39. The summed E-state index contributed by atoms with van der Waals surface area (Å²) in [5.74, 6) is -0.422. The number of amides is 1. The number of Topliss-reactive ketones (excluding diaryl/α,β-unsaturated/α-hetero) is 1. The molecule has 1 fully saturated rings. The largest absolute Gasteiger partial charge is 0.417 e. The average Bonchev–Trinajstić information content (AvgIpc) is 3.13. The van der Waals surface area contributed by atoms with E-state index in [4.69, 9.17) is 16.0 Å². The van der Waals surface area contributed by atoms with E-state index in [2.05, 4.69) is 9.88 Å². The Labute approximate surface area is 178 Å². The number of hydrogen-bond donors (Lipinski definition) is 1. The van der Waals surface area contributed by atoms with Crippen LogP contribution in [0.5, 0.6) is 0 Å². The molecule has 30 heavy (non-hydrogen) atoms. The zero-order valence-corrected chi connectivity index (χ0v) is 17.2. The lowest BCUT2D eigenvalue weighted by Gasteiger charge is -2.34. The molecular weight excluding hydrogens is 406 g/mol. The number of oxazole rings is 1. The van der Waals surface area contributed by atoms with Gasteiger partial charge < -0.3 is 9.32 Å². The van der Waals surface area contributed by atoms with Crippen LogP contribution in [0, 0.1) is 0 Å². The fourth-order valence-electron chi connectivity index (χ4n) is 3.63. The fraction of sp³-hybridized carbons (Fsp3) is 0.318. The molecule has 0 unspecified atom stereocenters. The van der Waals surface area contributed by atoms with Crippen LogP contribution in [0.15, 0.2) is 51.7 Å². The van der Waals surface area contributed by atoms with Crippen molar-refractivity contribution >= 4 is 34.4 Å². The standard InChI is InChI=1S/C22H22ClN3O4/c23-17-4-1-15(2-5-17)13-21(28)26-11-9-25(10-12-26)8-7-19(27)16-3-6-18-20(14-16)30-22(29)24-18/h1-6,14H,7-13H2,(H,24,29). The number of piperazine rings is 1. The van der Waals surface area contributed by atoms with Gasteiger partial charge in [-0.15, -0.1) is 0 Å². The number of ketones is 1. The van der Waals surface area contributed by atoms with Crippen molar-refractivity contribution in [3.8, 4) is 0 Å². The SMILES string of the molecule is O=C(CCN1CCN(C(=O)Cc2ccc(Cl)cc2)CC1)c1ccc2[nH]c(=O)oc2c1. The minimum atomic E-state index is -0.530. The van der Waals surface area contributed by atoms with Crippen molar-refractivity contribution in [1.82, 2.24) is 14.8 Å². The van der Waals surface area contributed by atoms with E-state index in [0.717, 1.165) is 18.7 Å². The van der Waals surface area contributed by atoms with Gasteiger partial charge in [0, 0.05) is 49.7 Å². The summed E-state index contributed by atoms with van der Waals surface area (Å²) in [4.78, 5) is 42.9. The highest BCUT2D eigenvalue weighted by molar-refractivity contribution is 6.30. The molecule has 0 aliphatic carbocycles. The third-order valence-corrected chi connectivity index (χ3v) is 5.64. The molecule has 1 saturated heterocycles. The molecule has 1 aromatic heterocycles. The molecule has 4 rings (SSSR count). The molecular formula is C22H22ClN3O4. The van der Waals surface area contributed by atoms with Gasteiger partial charge in [-0.3, -0.25) is 19.5 Å². The number of carbonyl (C=O) groups excluding carboxylic acids is 2. The number of hydrogen-bond acceptors (Lipinski definition) is 5. The molecule has 1 amide bonds. The Bertz CT molecular complexity index is 1110. The van der Waals surface area contributed by atoms with E-state index >= 15 is 0 Å². The molecule has 0 bridgehead atoms. The van der Waals surface area contributed by atoms with Gasteiger partial charge in [-0.1, -0.05) is 23.7 Å². The van der Waals surface area contributed by atoms with E-state index < -0.39 is 5.76 Å². The van der Waals surface area contributed by atoms with Crippen LogP contribution < -0.4 is 5.76 Å². The summed E-state index contributed by atoms with van der Waals surface area (Å²) in [7, 11) is 0. The molecule has 1 aliphatic rings. The maximum absolute atomic E-state index is 12.5. The number of aromatic amines is 1. The molecule has 0 saturated carbocycles. The minimum Gasteiger partial charge on any atom is -0.408 e. The van der Waals surface area contributed by atoms with Gasteiger partial charge >= 0.3 is 5.76 Å². The molecule has 8 heteroatoms. The molecule has 3 aromatic rings. The van der Waals surface area contributed by atoms with Crippen LogP contribution >= 0.6 is 11.6 Å². The predicted molar refractivity (Wildman–Crippen MR) is 114 cm³/mol. The Morgan fingerprint density at radius 3 is 2.50 bits per heavy atom. The van der Waals surface area contributed by atoms with Gasteiger partial charge in [0.05, 0.1) is 11.9 Å². The highest BCUT2D eigenvalue weighted by atomic mass is 35.5. The van der Waals surface area contributed by atoms with Crippen molar-refractivity contribution < 1.29 is 14.0 Å². The van der Waals surface area contributed by atoms with Crippen LogP contribution in [0.25, 0.3) is 11.1 Å². The first kappa shape index (κ1) is 20.4. The van der Waals surface area contributed by atoms with E-state index in [0.29, 0.717) is 54.2 Å². The van der Waals surface area contributed by atoms with Gasteiger partial charge in [0.2, 0.25) is 5.91 Å². The third kappa shape index (κ3) is 4.80. The molecule has 0 spiro atoms. The first-order chi connectivity index (χ1) is 14.5. The monoisotopic (exact) mass is 427 g/mol. The Morgan fingerprint density at radius 2 is 1.77 bits per heavy atom. The van der Waals surface area contributed by atoms with Gasteiger partial charge in [-0.05, 0) is 35.9 Å². The lowest BCUT2D eigenvalue weighted by atomic mass is 10.1. The number of rotatable bonds is 6. The number of halogens is 1. The summed E-state index contributed by atoms with van der Waals surface area (Å²) in [6.45, 7) is 3.42. The van der Waals surface area contributed by atoms with Crippen LogP contribution in [-0.4, -0.2) is 59.2 Å². The van der Waals surface area contributed by atoms with Gasteiger partial charge in [-0.25, -0.2) is 4.79 Å². The number of aromatic nitrogens is 1. The molecule has 2 heterocycles. The fourth-order valence-corrected chi connectivity index (χ4v) is 3.76. The van der Waals surface area contributed by atoms with Crippen LogP contribution in [0.2, 0.25) is 5.02 Å². The molecule has 2 aromatic carbocycles. The zero-order chi connectivity index (χ0) is 21.1. The van der Waals surface area contributed by atoms with E-state index in [-0.39, 0.29) is 11.7 Å². The number of H-pyrrole nitrogens is 1. The number of fused-ring (bicyclic) bond motifs is 1. The van der Waals surface area contributed by atoms with Crippen molar-refractivity contribution in [2.24, 2.45) is 0 Å². The maximum Gasteiger partial charge on any atom is 0.417 e. The smallest absolute Gasteiger partial charge is 0.408 e. The van der Waals surface area contributed by atoms with Crippen molar-refractivity contribution in [1.29, 1.82) is 0 Å². The summed E-state index contributed by atoms with van der Waals surface area (Å²) in [6.07, 6.45) is 0.742. The van der Waals surface area contributed by atoms with Gasteiger partial charge in [0.1, 0.15) is 0 Å². The number of nitrogens with zero attached hydrogens (tertiary/aromatic N) is 2. The van der Waals surface area contributed by atoms with E-state index in [9.17, 15) is 14.4 Å². The summed E-state index contributed by atoms with van der Waals surface area (Å²) in [6, 6.07) is 12.3. The Kier molecular flexibility index (Phi) is 6.01. The number of benzene rings is 2. The van der Waals surface area contributed by atoms with Crippen LogP contribution in [0.1, 0.15) is 22.3 Å². The summed E-state index contributed by atoms with van der Waals surface area (Å²) >= 11 is 5.89. The normalized spacial score (nSPS) is 14.9. The van der Waals surface area contributed by atoms with E-state index in [1.165, 1.54) is 0 Å². The minimum absolute atomic E-state index is 0.00185. The van der Waals surface area contributed by atoms with Crippen molar-refractivity contribution in [2.75, 3.05) is 32.7 Å². The lowest BCUT2D eigenvalue weighted by Crippen LogP contribution is -2.49. The molecule has 0 radical (unpaired) electrons. The molecule has 1 aliphatic heterocycles. The van der Waals surface area contributed by atoms with Crippen molar-refractivity contribution in [3.63, 3.8) is 0 Å². The lowest BCUT2D eigenvalue weighted by molar-refractivity contribution is -0.132. The van der Waals surface area contributed by atoms with Crippen molar-refractivity contribution in [2.45, 2.75) is 12.8 Å². The number of carbonyl (C=O) groups is 2. The van der Waals surface area contributed by atoms with E-state index in [1.54, 1.807) is 30.3 Å². The summed E-state index contributed by atoms with van der Waals surface area (Å²) in [5.41, 5.74) is 2.45. The van der Waals surface area contributed by atoms with E-state index in [1.807, 2.05) is 17.0 Å². The maximum atomic E-state index is 12.5. The Hall–Kier alpha value is -2.90. The second kappa shape index (κ2) is 8.85. The Morgan fingerprint density at radius 1 is 1.03 bits per heavy atom. The van der Waals surface area contributed by atoms with Crippen LogP contribution in [-0.2, 0) is 11.2 Å². The van der Waals surface area contributed by atoms with Crippen molar-refractivity contribution in [3.05, 3.63) is 69.2 Å².